The summed E-state index contributed by atoms with van der Waals surface area (Å²) in [6.07, 6.45) is 0. The first kappa shape index (κ1) is 15.9. The SMILES string of the molecule is O=C(c1ccccc1CBr)c1cc([N+](=O)[O-])ccc1CBr. The smallest absolute Gasteiger partial charge is 0.270 e. The number of ketones is 1. The zero-order valence-corrected chi connectivity index (χ0v) is 14.1. The maximum atomic E-state index is 12.7. The molecule has 0 heterocycles. The molecule has 0 aliphatic heterocycles. The third-order valence-corrected chi connectivity index (χ3v) is 4.31. The Balaban J connectivity index is 2.56. The van der Waals surface area contributed by atoms with E-state index >= 15 is 0 Å². The number of rotatable bonds is 5. The van der Waals surface area contributed by atoms with Crippen LogP contribution in [0.2, 0.25) is 0 Å². The quantitative estimate of drug-likeness (QED) is 0.311. The Morgan fingerprint density at radius 1 is 1.00 bits per heavy atom. The topological polar surface area (TPSA) is 60.2 Å². The van der Waals surface area contributed by atoms with E-state index in [0.717, 1.165) is 11.1 Å². The highest BCUT2D eigenvalue weighted by atomic mass is 79.9. The van der Waals surface area contributed by atoms with Crippen molar-refractivity contribution in [3.8, 4) is 0 Å². The Kier molecular flexibility index (Phi) is 5.25. The lowest BCUT2D eigenvalue weighted by Crippen LogP contribution is -2.08. The summed E-state index contributed by atoms with van der Waals surface area (Å²) in [5, 5.41) is 11.9. The number of nitrogens with zero attached hydrogens (tertiary/aromatic N) is 1. The lowest BCUT2D eigenvalue weighted by Gasteiger charge is -2.09. The lowest BCUT2D eigenvalue weighted by atomic mass is 9.96. The van der Waals surface area contributed by atoms with Crippen molar-refractivity contribution in [2.75, 3.05) is 0 Å². The summed E-state index contributed by atoms with van der Waals surface area (Å²) < 4.78 is 0. The van der Waals surface area contributed by atoms with Crippen LogP contribution in [0.1, 0.15) is 27.0 Å². The fraction of sp³-hybridized carbons (Fsp3) is 0.133. The molecule has 0 saturated carbocycles. The van der Waals surface area contributed by atoms with Crippen molar-refractivity contribution in [2.24, 2.45) is 0 Å². The van der Waals surface area contributed by atoms with E-state index in [4.69, 9.17) is 0 Å². The lowest BCUT2D eigenvalue weighted by molar-refractivity contribution is -0.384. The van der Waals surface area contributed by atoms with Gasteiger partial charge in [-0.2, -0.15) is 0 Å². The van der Waals surface area contributed by atoms with Crippen molar-refractivity contribution in [3.63, 3.8) is 0 Å². The first-order valence-corrected chi connectivity index (χ1v) is 8.34. The minimum atomic E-state index is -0.495. The molecule has 0 aliphatic rings. The summed E-state index contributed by atoms with van der Waals surface area (Å²) in [4.78, 5) is 23.1. The second-order valence-electron chi connectivity index (χ2n) is 4.35. The molecule has 6 heteroatoms. The number of hydrogen-bond acceptors (Lipinski definition) is 3. The molecule has 0 N–H and O–H groups in total. The minimum Gasteiger partial charge on any atom is -0.289 e. The molecule has 0 saturated heterocycles. The fourth-order valence-corrected chi connectivity index (χ4v) is 2.99. The van der Waals surface area contributed by atoms with Gasteiger partial charge < -0.3 is 0 Å². The summed E-state index contributed by atoms with van der Waals surface area (Å²) in [5.74, 6) is -0.205. The molecule has 108 valence electrons. The molecule has 0 aliphatic carbocycles. The predicted octanol–water partition coefficient (Wildman–Crippen LogP) is 4.62. The zero-order valence-electron chi connectivity index (χ0n) is 10.9. The molecular formula is C15H11Br2NO3. The standard InChI is InChI=1S/C15H11Br2NO3/c16-8-10-3-1-2-4-13(10)15(19)14-7-12(18(20)21)6-5-11(14)9-17/h1-7H,8-9H2. The number of hydrogen-bond donors (Lipinski definition) is 0. The number of nitro benzene ring substituents is 1. The Morgan fingerprint density at radius 2 is 1.62 bits per heavy atom. The van der Waals surface area contributed by atoms with E-state index in [1.165, 1.54) is 12.1 Å². The summed E-state index contributed by atoms with van der Waals surface area (Å²) in [6, 6.07) is 11.6. The highest BCUT2D eigenvalue weighted by Gasteiger charge is 2.19. The second-order valence-corrected chi connectivity index (χ2v) is 5.47. The molecule has 21 heavy (non-hydrogen) atoms. The number of non-ortho nitro benzene ring substituents is 1. The van der Waals surface area contributed by atoms with Crippen molar-refractivity contribution in [3.05, 3.63) is 74.8 Å². The van der Waals surface area contributed by atoms with Gasteiger partial charge in [0.2, 0.25) is 0 Å². The van der Waals surface area contributed by atoms with Gasteiger partial charge in [-0.05, 0) is 11.1 Å². The normalized spacial score (nSPS) is 10.4. The van der Waals surface area contributed by atoms with Crippen molar-refractivity contribution in [1.82, 2.24) is 0 Å². The highest BCUT2D eigenvalue weighted by molar-refractivity contribution is 9.08. The summed E-state index contributed by atoms with van der Waals surface area (Å²) >= 11 is 6.67. The Hall–Kier alpha value is -1.53. The second kappa shape index (κ2) is 6.95. The Morgan fingerprint density at radius 3 is 2.24 bits per heavy atom. The van der Waals surface area contributed by atoms with Gasteiger partial charge in [0.1, 0.15) is 0 Å². The molecule has 2 rings (SSSR count). The first-order valence-electron chi connectivity index (χ1n) is 6.10. The average Bonchev–Trinajstić information content (AvgIpc) is 2.53. The Bertz CT molecular complexity index is 701. The fourth-order valence-electron chi connectivity index (χ4n) is 2.01. The number of nitro groups is 1. The van der Waals surface area contributed by atoms with Crippen LogP contribution in [0.3, 0.4) is 0 Å². The molecule has 4 nitrogen and oxygen atoms in total. The van der Waals surface area contributed by atoms with Crippen LogP contribution in [0.25, 0.3) is 0 Å². The van der Waals surface area contributed by atoms with Crippen LogP contribution in [0.4, 0.5) is 5.69 Å². The molecular weight excluding hydrogens is 402 g/mol. The third kappa shape index (κ3) is 3.39. The van der Waals surface area contributed by atoms with Crippen LogP contribution in [0.5, 0.6) is 0 Å². The molecule has 0 atom stereocenters. The van der Waals surface area contributed by atoms with Crippen LogP contribution in [0, 0.1) is 10.1 Å². The van der Waals surface area contributed by atoms with Crippen molar-refractivity contribution >= 4 is 43.3 Å². The van der Waals surface area contributed by atoms with Crippen LogP contribution in [-0.4, -0.2) is 10.7 Å². The van der Waals surface area contributed by atoms with Gasteiger partial charge in [-0.3, -0.25) is 14.9 Å². The Labute approximate surface area is 138 Å². The van der Waals surface area contributed by atoms with Gasteiger partial charge in [-0.1, -0.05) is 62.2 Å². The van der Waals surface area contributed by atoms with Gasteiger partial charge >= 0.3 is 0 Å². The van der Waals surface area contributed by atoms with Crippen LogP contribution >= 0.6 is 31.9 Å². The van der Waals surface area contributed by atoms with E-state index in [2.05, 4.69) is 31.9 Å². The van der Waals surface area contributed by atoms with Crippen molar-refractivity contribution in [2.45, 2.75) is 10.7 Å². The van der Waals surface area contributed by atoms with Gasteiger partial charge in [0.25, 0.3) is 5.69 Å². The summed E-state index contributed by atoms with van der Waals surface area (Å²) in [5.41, 5.74) is 2.41. The van der Waals surface area contributed by atoms with Gasteiger partial charge in [-0.15, -0.1) is 0 Å². The molecule has 0 fully saturated rings. The summed E-state index contributed by atoms with van der Waals surface area (Å²) in [7, 11) is 0. The third-order valence-electron chi connectivity index (χ3n) is 3.10. The van der Waals surface area contributed by atoms with E-state index in [0.29, 0.717) is 21.8 Å². The van der Waals surface area contributed by atoms with Crippen molar-refractivity contribution < 1.29 is 9.72 Å². The molecule has 0 amide bonds. The molecule has 0 bridgehead atoms. The molecule has 0 radical (unpaired) electrons. The molecule has 2 aromatic carbocycles. The average molecular weight is 413 g/mol. The maximum Gasteiger partial charge on any atom is 0.270 e. The van der Waals surface area contributed by atoms with Crippen molar-refractivity contribution in [1.29, 1.82) is 0 Å². The van der Waals surface area contributed by atoms with Crippen LogP contribution < -0.4 is 0 Å². The largest absolute Gasteiger partial charge is 0.289 e. The van der Waals surface area contributed by atoms with E-state index in [9.17, 15) is 14.9 Å². The number of carbonyl (C=O) groups is 1. The van der Waals surface area contributed by atoms with E-state index < -0.39 is 4.92 Å². The highest BCUT2D eigenvalue weighted by Crippen LogP contribution is 2.24. The number of carbonyl (C=O) groups excluding carboxylic acids is 1. The van der Waals surface area contributed by atoms with E-state index in [-0.39, 0.29) is 11.5 Å². The predicted molar refractivity (Wildman–Crippen MR) is 88.2 cm³/mol. The number of halogens is 2. The van der Waals surface area contributed by atoms with Crippen LogP contribution in [-0.2, 0) is 10.7 Å². The first-order chi connectivity index (χ1) is 10.1. The van der Waals surface area contributed by atoms with Gasteiger partial charge in [-0.25, -0.2) is 0 Å². The van der Waals surface area contributed by atoms with Gasteiger partial charge in [0.05, 0.1) is 4.92 Å². The van der Waals surface area contributed by atoms with Gasteiger partial charge in [0, 0.05) is 33.9 Å². The number of benzene rings is 2. The zero-order chi connectivity index (χ0) is 15.4. The molecule has 2 aromatic rings. The number of alkyl halides is 2. The van der Waals surface area contributed by atoms with E-state index in [1.807, 2.05) is 12.1 Å². The summed E-state index contributed by atoms with van der Waals surface area (Å²) in [6.45, 7) is 0. The van der Waals surface area contributed by atoms with E-state index in [1.54, 1.807) is 18.2 Å². The minimum absolute atomic E-state index is 0.0839. The maximum absolute atomic E-state index is 12.7. The monoisotopic (exact) mass is 411 g/mol. The van der Waals surface area contributed by atoms with Crippen LogP contribution in [0.15, 0.2) is 42.5 Å². The molecule has 0 aromatic heterocycles. The van der Waals surface area contributed by atoms with Gasteiger partial charge in [0.15, 0.2) is 5.78 Å². The molecule has 0 unspecified atom stereocenters. The molecule has 0 spiro atoms.